The molecule has 0 aromatic heterocycles. The average Bonchev–Trinajstić information content (AvgIpc) is 2.53. The molecule has 0 bridgehead atoms. The van der Waals surface area contributed by atoms with Gasteiger partial charge >= 0.3 is 6.18 Å². The van der Waals surface area contributed by atoms with Crippen molar-refractivity contribution in [1.29, 1.82) is 0 Å². The summed E-state index contributed by atoms with van der Waals surface area (Å²) in [5, 5.41) is 2.66. The molecule has 3 N–H and O–H groups in total. The summed E-state index contributed by atoms with van der Waals surface area (Å²) in [6.07, 6.45) is -7.43. The Bertz CT molecular complexity index is 671. The van der Waals surface area contributed by atoms with Crippen molar-refractivity contribution in [3.05, 3.63) is 53.6 Å². The molecule has 0 unspecified atom stereocenters. The third-order valence-corrected chi connectivity index (χ3v) is 3.14. The number of nitrogens with one attached hydrogen (secondary N) is 1. The van der Waals surface area contributed by atoms with Crippen LogP contribution in [0, 0.1) is 0 Å². The normalized spacial score (nSPS) is 11.6. The Labute approximate surface area is 135 Å². The van der Waals surface area contributed by atoms with E-state index >= 15 is 0 Å². The molecule has 130 valence electrons. The minimum Gasteiger partial charge on any atom is -0.488 e. The van der Waals surface area contributed by atoms with Gasteiger partial charge in [-0.05, 0) is 35.9 Å². The summed E-state index contributed by atoms with van der Waals surface area (Å²) in [5.41, 5.74) is 5.54. The highest BCUT2D eigenvalue weighted by atomic mass is 19.4. The molecule has 0 spiro atoms. The number of alkyl halides is 5. The lowest BCUT2D eigenvalue weighted by Crippen LogP contribution is -2.11. The van der Waals surface area contributed by atoms with E-state index in [-0.39, 0.29) is 11.4 Å². The van der Waals surface area contributed by atoms with Gasteiger partial charge in [0, 0.05) is 12.2 Å². The van der Waals surface area contributed by atoms with Gasteiger partial charge in [-0.2, -0.15) is 13.2 Å². The van der Waals surface area contributed by atoms with Crippen molar-refractivity contribution < 1.29 is 26.7 Å². The number of halogens is 5. The van der Waals surface area contributed by atoms with E-state index in [1.807, 2.05) is 0 Å². The Kier molecular flexibility index (Phi) is 5.61. The van der Waals surface area contributed by atoms with E-state index < -0.39 is 24.8 Å². The second kappa shape index (κ2) is 7.48. The minimum absolute atomic E-state index is 0.201. The Morgan fingerprint density at radius 1 is 1.04 bits per heavy atom. The first kappa shape index (κ1) is 18.0. The molecule has 2 aromatic rings. The zero-order valence-corrected chi connectivity index (χ0v) is 12.4. The zero-order chi connectivity index (χ0) is 17.7. The maximum absolute atomic E-state index is 13.2. The summed E-state index contributed by atoms with van der Waals surface area (Å²) < 4.78 is 68.4. The lowest BCUT2D eigenvalue weighted by Gasteiger charge is -2.16. The molecule has 0 aliphatic rings. The van der Waals surface area contributed by atoms with Crippen LogP contribution in [0.5, 0.6) is 5.75 Å². The Morgan fingerprint density at radius 3 is 2.25 bits per heavy atom. The van der Waals surface area contributed by atoms with Crippen molar-refractivity contribution in [1.82, 2.24) is 0 Å². The molecule has 0 aliphatic heterocycles. The third-order valence-electron chi connectivity index (χ3n) is 3.14. The summed E-state index contributed by atoms with van der Waals surface area (Å²) in [6, 6.07) is 9.62. The van der Waals surface area contributed by atoms with Gasteiger partial charge in [-0.15, -0.1) is 0 Å². The highest BCUT2D eigenvalue weighted by Crippen LogP contribution is 2.38. The number of nitrogens with two attached hydrogens (primary N) is 1. The van der Waals surface area contributed by atoms with Crippen LogP contribution in [0.2, 0.25) is 0 Å². The van der Waals surface area contributed by atoms with Crippen LogP contribution in [-0.2, 0) is 12.7 Å². The number of hydrogen-bond donors (Lipinski definition) is 2. The van der Waals surface area contributed by atoms with Gasteiger partial charge in [0.05, 0.1) is 11.3 Å². The van der Waals surface area contributed by atoms with E-state index in [9.17, 15) is 22.0 Å². The van der Waals surface area contributed by atoms with E-state index in [1.54, 1.807) is 24.3 Å². The molecule has 0 saturated heterocycles. The van der Waals surface area contributed by atoms with Crippen LogP contribution in [0.25, 0.3) is 0 Å². The van der Waals surface area contributed by atoms with Gasteiger partial charge in [-0.1, -0.05) is 12.1 Å². The fourth-order valence-corrected chi connectivity index (χ4v) is 2.00. The van der Waals surface area contributed by atoms with Crippen LogP contribution in [0.3, 0.4) is 0 Å². The van der Waals surface area contributed by atoms with Crippen molar-refractivity contribution in [3.8, 4) is 5.75 Å². The second-order valence-corrected chi connectivity index (χ2v) is 4.93. The van der Waals surface area contributed by atoms with Crippen LogP contribution in [-0.4, -0.2) is 13.0 Å². The van der Waals surface area contributed by atoms with Crippen LogP contribution in [0.1, 0.15) is 11.1 Å². The molecular formula is C16H15F5N2O. The maximum atomic E-state index is 13.2. The second-order valence-electron chi connectivity index (χ2n) is 4.93. The molecule has 8 heteroatoms. The van der Waals surface area contributed by atoms with Crippen molar-refractivity contribution in [3.63, 3.8) is 0 Å². The third kappa shape index (κ3) is 4.82. The molecular weight excluding hydrogens is 331 g/mol. The molecule has 3 nitrogen and oxygen atoms in total. The minimum atomic E-state index is -4.66. The largest absolute Gasteiger partial charge is 0.488 e. The van der Waals surface area contributed by atoms with Gasteiger partial charge in [0.1, 0.15) is 12.4 Å². The number of ether oxygens (including phenoxy) is 1. The van der Waals surface area contributed by atoms with Gasteiger partial charge in [-0.25, -0.2) is 8.78 Å². The molecule has 0 saturated carbocycles. The van der Waals surface area contributed by atoms with Crippen LogP contribution in [0.15, 0.2) is 42.5 Å². The highest BCUT2D eigenvalue weighted by molar-refractivity contribution is 5.65. The number of hydrogen-bond acceptors (Lipinski definition) is 3. The molecule has 2 aromatic carbocycles. The molecule has 0 aliphatic carbocycles. The average molecular weight is 346 g/mol. The maximum Gasteiger partial charge on any atom is 0.418 e. The molecule has 2 rings (SSSR count). The van der Waals surface area contributed by atoms with Gasteiger partial charge in [0.25, 0.3) is 6.43 Å². The van der Waals surface area contributed by atoms with Gasteiger partial charge in [0.2, 0.25) is 0 Å². The molecule has 24 heavy (non-hydrogen) atoms. The van der Waals surface area contributed by atoms with Gasteiger partial charge < -0.3 is 15.8 Å². The summed E-state index contributed by atoms with van der Waals surface area (Å²) in [4.78, 5) is 0. The summed E-state index contributed by atoms with van der Waals surface area (Å²) >= 11 is 0. The van der Waals surface area contributed by atoms with E-state index in [1.165, 1.54) is 6.07 Å². The Balaban J connectivity index is 2.27. The predicted octanol–water partition coefficient (Wildman–Crippen LogP) is 4.55. The summed E-state index contributed by atoms with van der Waals surface area (Å²) in [6.45, 7) is -0.644. The molecule has 0 radical (unpaired) electrons. The van der Waals surface area contributed by atoms with Gasteiger partial charge in [-0.3, -0.25) is 0 Å². The quantitative estimate of drug-likeness (QED) is 0.755. The molecule has 0 amide bonds. The predicted molar refractivity (Wildman–Crippen MR) is 80.6 cm³/mol. The van der Waals surface area contributed by atoms with Crippen molar-refractivity contribution in [2.75, 3.05) is 11.9 Å². The van der Waals surface area contributed by atoms with Crippen LogP contribution < -0.4 is 15.8 Å². The number of rotatable bonds is 6. The molecule has 0 atom stereocenters. The van der Waals surface area contributed by atoms with Crippen molar-refractivity contribution in [2.45, 2.75) is 19.1 Å². The summed E-state index contributed by atoms with van der Waals surface area (Å²) in [7, 11) is 0. The first-order valence-corrected chi connectivity index (χ1v) is 6.98. The number of anilines is 2. The zero-order valence-electron chi connectivity index (χ0n) is 12.4. The molecule has 0 heterocycles. The fraction of sp³-hybridized carbons (Fsp3) is 0.250. The monoisotopic (exact) mass is 346 g/mol. The van der Waals surface area contributed by atoms with E-state index in [4.69, 9.17) is 5.73 Å². The summed E-state index contributed by atoms with van der Waals surface area (Å²) in [5.74, 6) is -0.272. The van der Waals surface area contributed by atoms with E-state index in [0.717, 1.165) is 11.6 Å². The highest BCUT2D eigenvalue weighted by Gasteiger charge is 2.34. The SMILES string of the molecule is NCc1ccc(Nc2ccc(OCC(F)F)cc2C(F)(F)F)cc1. The lowest BCUT2D eigenvalue weighted by molar-refractivity contribution is -0.137. The lowest BCUT2D eigenvalue weighted by atomic mass is 10.1. The first-order valence-electron chi connectivity index (χ1n) is 6.98. The number of benzene rings is 2. The Morgan fingerprint density at radius 2 is 1.71 bits per heavy atom. The smallest absolute Gasteiger partial charge is 0.418 e. The van der Waals surface area contributed by atoms with E-state index in [2.05, 4.69) is 10.1 Å². The van der Waals surface area contributed by atoms with Crippen molar-refractivity contribution >= 4 is 11.4 Å². The van der Waals surface area contributed by atoms with Gasteiger partial charge in [0.15, 0.2) is 0 Å². The standard InChI is InChI=1S/C16H15F5N2O/c17-15(18)9-24-12-5-6-14(13(7-12)16(19,20)21)23-11-3-1-10(8-22)2-4-11/h1-7,15,23H,8-9,22H2. The van der Waals surface area contributed by atoms with Crippen LogP contribution >= 0.6 is 0 Å². The topological polar surface area (TPSA) is 47.3 Å². The Hall–Kier alpha value is -2.35. The fourth-order valence-electron chi connectivity index (χ4n) is 2.00. The van der Waals surface area contributed by atoms with E-state index in [0.29, 0.717) is 18.3 Å². The van der Waals surface area contributed by atoms with Crippen molar-refractivity contribution in [2.24, 2.45) is 5.73 Å². The van der Waals surface area contributed by atoms with Crippen LogP contribution in [0.4, 0.5) is 33.3 Å². The first-order chi connectivity index (χ1) is 11.3. The molecule has 0 fully saturated rings.